The number of benzene rings is 1. The fourth-order valence-corrected chi connectivity index (χ4v) is 1.97. The summed E-state index contributed by atoms with van der Waals surface area (Å²) in [6.45, 7) is 2.99. The average Bonchev–Trinajstić information content (AvgIpc) is 3.20. The van der Waals surface area contributed by atoms with Crippen molar-refractivity contribution >= 4 is 6.09 Å². The first-order chi connectivity index (χ1) is 9.15. The monoisotopic (exact) mass is 263 g/mol. The van der Waals surface area contributed by atoms with Crippen LogP contribution in [0.5, 0.6) is 0 Å². The molecule has 0 radical (unpaired) electrons. The van der Waals surface area contributed by atoms with Crippen molar-refractivity contribution in [2.45, 2.75) is 32.5 Å². The molecular weight excluding hydrogens is 242 g/mol. The fraction of sp³-hybridized carbons (Fsp3) is 0.533. The second-order valence-corrected chi connectivity index (χ2v) is 5.24. The molecule has 0 aromatic heterocycles. The fourth-order valence-electron chi connectivity index (χ4n) is 1.97. The lowest BCUT2D eigenvalue weighted by Crippen LogP contribution is -2.38. The molecule has 1 amide bonds. The molecule has 0 aliphatic heterocycles. The van der Waals surface area contributed by atoms with Crippen LogP contribution >= 0.6 is 0 Å². The summed E-state index contributed by atoms with van der Waals surface area (Å²) in [7, 11) is 0. The lowest BCUT2D eigenvalue weighted by Gasteiger charge is -2.23. The van der Waals surface area contributed by atoms with Gasteiger partial charge in [-0.3, -0.25) is 0 Å². The third kappa shape index (κ3) is 4.91. The van der Waals surface area contributed by atoms with Crippen molar-refractivity contribution in [1.29, 1.82) is 0 Å². The van der Waals surface area contributed by atoms with Gasteiger partial charge in [-0.1, -0.05) is 30.3 Å². The van der Waals surface area contributed by atoms with E-state index in [0.29, 0.717) is 19.0 Å². The van der Waals surface area contributed by atoms with Crippen LogP contribution in [0.2, 0.25) is 0 Å². The minimum absolute atomic E-state index is 0.278. The van der Waals surface area contributed by atoms with Gasteiger partial charge in [-0.25, -0.2) is 4.79 Å². The summed E-state index contributed by atoms with van der Waals surface area (Å²) in [6, 6.07) is 9.61. The zero-order valence-electron chi connectivity index (χ0n) is 11.3. The highest BCUT2D eigenvalue weighted by Gasteiger charge is 2.28. The molecule has 1 atom stereocenters. The van der Waals surface area contributed by atoms with E-state index in [-0.39, 0.29) is 12.7 Å². The largest absolute Gasteiger partial charge is 0.445 e. The number of hydrogen-bond donors (Lipinski definition) is 1. The Morgan fingerprint density at radius 3 is 2.68 bits per heavy atom. The standard InChI is InChI=1S/C15H21NO3/c1-12(17)9-16(10-13-7-8-13)15(18)19-11-14-5-3-2-4-6-14/h2-6,12-13,17H,7-11H2,1H3/t12-/m1/s1. The third-order valence-corrected chi connectivity index (χ3v) is 3.12. The number of aliphatic hydroxyl groups is 1. The van der Waals surface area contributed by atoms with Crippen LogP contribution in [0.25, 0.3) is 0 Å². The second-order valence-electron chi connectivity index (χ2n) is 5.24. The van der Waals surface area contributed by atoms with E-state index in [1.54, 1.807) is 11.8 Å². The Bertz CT molecular complexity index is 397. The van der Waals surface area contributed by atoms with E-state index in [1.165, 1.54) is 12.8 Å². The quantitative estimate of drug-likeness (QED) is 0.857. The Hall–Kier alpha value is -1.55. The summed E-state index contributed by atoms with van der Waals surface area (Å²) in [6.07, 6.45) is 1.48. The molecule has 1 saturated carbocycles. The van der Waals surface area contributed by atoms with Gasteiger partial charge in [0.05, 0.1) is 6.10 Å². The number of carbonyl (C=O) groups excluding carboxylic acids is 1. The van der Waals surface area contributed by atoms with E-state index < -0.39 is 6.10 Å². The minimum atomic E-state index is -0.525. The zero-order chi connectivity index (χ0) is 13.7. The number of nitrogens with zero attached hydrogens (tertiary/aromatic N) is 1. The van der Waals surface area contributed by atoms with Gasteiger partial charge in [-0.2, -0.15) is 0 Å². The molecule has 1 aliphatic carbocycles. The average molecular weight is 263 g/mol. The third-order valence-electron chi connectivity index (χ3n) is 3.12. The van der Waals surface area contributed by atoms with Gasteiger partial charge in [0.1, 0.15) is 6.61 Å². The van der Waals surface area contributed by atoms with Crippen molar-refractivity contribution < 1.29 is 14.6 Å². The molecule has 104 valence electrons. The van der Waals surface area contributed by atoms with Crippen LogP contribution in [0, 0.1) is 5.92 Å². The molecule has 0 saturated heterocycles. The highest BCUT2D eigenvalue weighted by Crippen LogP contribution is 2.30. The Balaban J connectivity index is 1.83. The number of rotatable bonds is 6. The van der Waals surface area contributed by atoms with Crippen molar-refractivity contribution in [3.05, 3.63) is 35.9 Å². The van der Waals surface area contributed by atoms with Crippen LogP contribution in [0.15, 0.2) is 30.3 Å². The predicted octanol–water partition coefficient (Wildman–Crippen LogP) is 2.42. The maximum atomic E-state index is 12.0. The van der Waals surface area contributed by atoms with Gasteiger partial charge in [0.15, 0.2) is 0 Å². The highest BCUT2D eigenvalue weighted by atomic mass is 16.6. The SMILES string of the molecule is C[C@@H](O)CN(CC1CC1)C(=O)OCc1ccccc1. The first kappa shape index (κ1) is 13.9. The van der Waals surface area contributed by atoms with E-state index in [2.05, 4.69) is 0 Å². The normalized spacial score (nSPS) is 15.9. The summed E-state index contributed by atoms with van der Waals surface area (Å²) in [5.74, 6) is 0.586. The summed E-state index contributed by atoms with van der Waals surface area (Å²) >= 11 is 0. The molecule has 0 unspecified atom stereocenters. The highest BCUT2D eigenvalue weighted by molar-refractivity contribution is 5.67. The molecule has 1 fully saturated rings. The molecule has 0 heterocycles. The number of carbonyl (C=O) groups is 1. The van der Waals surface area contributed by atoms with Crippen molar-refractivity contribution in [2.75, 3.05) is 13.1 Å². The van der Waals surface area contributed by atoms with Crippen molar-refractivity contribution in [3.8, 4) is 0 Å². The molecule has 2 rings (SSSR count). The van der Waals surface area contributed by atoms with Gasteiger partial charge in [-0.15, -0.1) is 0 Å². The zero-order valence-corrected chi connectivity index (χ0v) is 11.3. The van der Waals surface area contributed by atoms with Gasteiger partial charge in [0.25, 0.3) is 0 Å². The number of amides is 1. The van der Waals surface area contributed by atoms with Gasteiger partial charge in [-0.05, 0) is 31.2 Å². The van der Waals surface area contributed by atoms with Crippen molar-refractivity contribution in [3.63, 3.8) is 0 Å². The maximum Gasteiger partial charge on any atom is 0.410 e. The molecule has 19 heavy (non-hydrogen) atoms. The molecule has 1 aromatic carbocycles. The summed E-state index contributed by atoms with van der Waals surface area (Å²) < 4.78 is 5.30. The van der Waals surface area contributed by atoms with Crippen LogP contribution in [0.1, 0.15) is 25.3 Å². The first-order valence-electron chi connectivity index (χ1n) is 6.79. The van der Waals surface area contributed by atoms with E-state index in [4.69, 9.17) is 4.74 Å². The van der Waals surface area contributed by atoms with Crippen LogP contribution in [-0.4, -0.2) is 35.3 Å². The van der Waals surface area contributed by atoms with E-state index in [0.717, 1.165) is 5.56 Å². The molecule has 1 aromatic rings. The molecule has 1 N–H and O–H groups in total. The van der Waals surface area contributed by atoms with E-state index in [1.807, 2.05) is 30.3 Å². The van der Waals surface area contributed by atoms with Crippen molar-refractivity contribution in [2.24, 2.45) is 5.92 Å². The van der Waals surface area contributed by atoms with Crippen LogP contribution in [0.4, 0.5) is 4.79 Å². The van der Waals surface area contributed by atoms with E-state index >= 15 is 0 Å². The van der Waals surface area contributed by atoms with Crippen molar-refractivity contribution in [1.82, 2.24) is 4.90 Å². The van der Waals surface area contributed by atoms with E-state index in [9.17, 15) is 9.90 Å². The topological polar surface area (TPSA) is 49.8 Å². The molecule has 0 spiro atoms. The Morgan fingerprint density at radius 2 is 2.11 bits per heavy atom. The maximum absolute atomic E-state index is 12.0. The van der Waals surface area contributed by atoms with Crippen LogP contribution in [0.3, 0.4) is 0 Å². The predicted molar refractivity (Wildman–Crippen MR) is 72.6 cm³/mol. The second kappa shape index (κ2) is 6.57. The van der Waals surface area contributed by atoms with Crippen LogP contribution < -0.4 is 0 Å². The summed E-state index contributed by atoms with van der Waals surface area (Å²) in [5, 5.41) is 9.44. The summed E-state index contributed by atoms with van der Waals surface area (Å²) in [5.41, 5.74) is 0.972. The first-order valence-corrected chi connectivity index (χ1v) is 6.79. The lowest BCUT2D eigenvalue weighted by molar-refractivity contribution is 0.0716. The minimum Gasteiger partial charge on any atom is -0.445 e. The van der Waals surface area contributed by atoms with Gasteiger partial charge >= 0.3 is 6.09 Å². The van der Waals surface area contributed by atoms with Gasteiger partial charge in [0.2, 0.25) is 0 Å². The Kier molecular flexibility index (Phi) is 4.80. The molecular formula is C15H21NO3. The van der Waals surface area contributed by atoms with Gasteiger partial charge in [0, 0.05) is 13.1 Å². The number of aliphatic hydroxyl groups excluding tert-OH is 1. The molecule has 4 heteroatoms. The van der Waals surface area contributed by atoms with Gasteiger partial charge < -0.3 is 14.7 Å². The Morgan fingerprint density at radius 1 is 1.42 bits per heavy atom. The summed E-state index contributed by atoms with van der Waals surface area (Å²) in [4.78, 5) is 13.6. The Labute approximate surface area is 114 Å². The van der Waals surface area contributed by atoms with Crippen LogP contribution in [-0.2, 0) is 11.3 Å². The molecule has 0 bridgehead atoms. The molecule has 4 nitrogen and oxygen atoms in total. The lowest BCUT2D eigenvalue weighted by atomic mass is 10.2. The molecule has 1 aliphatic rings. The number of ether oxygens (including phenoxy) is 1. The number of hydrogen-bond acceptors (Lipinski definition) is 3. The smallest absolute Gasteiger partial charge is 0.410 e.